The van der Waals surface area contributed by atoms with Crippen molar-refractivity contribution in [2.24, 2.45) is 5.92 Å². The summed E-state index contributed by atoms with van der Waals surface area (Å²) < 4.78 is 26.8. The van der Waals surface area contributed by atoms with Crippen molar-refractivity contribution in [3.05, 3.63) is 35.9 Å². The Morgan fingerprint density at radius 2 is 1.63 bits per heavy atom. The maximum absolute atomic E-state index is 12.7. The van der Waals surface area contributed by atoms with Crippen LogP contribution < -0.4 is 5.32 Å². The number of fused-ring (bicyclic) bond motifs is 2. The first kappa shape index (κ1) is 18.9. The highest BCUT2D eigenvalue weighted by Crippen LogP contribution is 2.33. The van der Waals surface area contributed by atoms with Crippen molar-refractivity contribution in [2.75, 3.05) is 26.2 Å². The monoisotopic (exact) mass is 391 g/mol. The lowest BCUT2D eigenvalue weighted by molar-refractivity contribution is -0.133. The molecule has 3 fully saturated rings. The predicted molar refractivity (Wildman–Crippen MR) is 105 cm³/mol. The minimum absolute atomic E-state index is 0.0274. The molecule has 0 radical (unpaired) electrons. The zero-order chi connectivity index (χ0) is 18.9. The first-order chi connectivity index (χ1) is 13.0. The minimum Gasteiger partial charge on any atom is -0.340 e. The van der Waals surface area contributed by atoms with Gasteiger partial charge in [-0.15, -0.1) is 0 Å². The highest BCUT2D eigenvalue weighted by molar-refractivity contribution is 7.88. The molecule has 3 aliphatic rings. The molecule has 3 saturated heterocycles. The molecule has 2 unspecified atom stereocenters. The van der Waals surface area contributed by atoms with Gasteiger partial charge in [0.2, 0.25) is 15.9 Å². The largest absolute Gasteiger partial charge is 0.340 e. The number of sulfonamides is 1. The molecule has 0 aromatic heterocycles. The molecular weight excluding hydrogens is 362 g/mol. The van der Waals surface area contributed by atoms with E-state index in [1.54, 1.807) is 0 Å². The van der Waals surface area contributed by atoms with Crippen molar-refractivity contribution in [3.63, 3.8) is 0 Å². The quantitative estimate of drug-likeness (QED) is 0.827. The third-order valence-electron chi connectivity index (χ3n) is 6.21. The molecule has 1 N–H and O–H groups in total. The molecule has 4 rings (SSSR count). The molecule has 0 saturated carbocycles. The zero-order valence-electron chi connectivity index (χ0n) is 15.7. The van der Waals surface area contributed by atoms with Crippen molar-refractivity contribution in [3.8, 4) is 0 Å². The van der Waals surface area contributed by atoms with E-state index in [2.05, 4.69) is 5.32 Å². The van der Waals surface area contributed by atoms with Crippen molar-refractivity contribution in [2.45, 2.75) is 49.9 Å². The predicted octanol–water partition coefficient (Wildman–Crippen LogP) is 1.58. The molecular formula is C20H29N3O3S. The fourth-order valence-corrected chi connectivity index (χ4v) is 6.33. The number of nitrogens with one attached hydrogen (secondary N) is 1. The van der Waals surface area contributed by atoms with Crippen molar-refractivity contribution >= 4 is 15.9 Å². The highest BCUT2D eigenvalue weighted by Gasteiger charge is 2.35. The van der Waals surface area contributed by atoms with Gasteiger partial charge in [-0.3, -0.25) is 4.79 Å². The number of amides is 1. The first-order valence-electron chi connectivity index (χ1n) is 10.1. The van der Waals surface area contributed by atoms with Crippen molar-refractivity contribution in [1.82, 2.24) is 14.5 Å². The van der Waals surface area contributed by atoms with Gasteiger partial charge >= 0.3 is 0 Å². The molecule has 27 heavy (non-hydrogen) atoms. The van der Waals surface area contributed by atoms with Crippen LogP contribution in [0.3, 0.4) is 0 Å². The van der Waals surface area contributed by atoms with E-state index in [0.29, 0.717) is 50.6 Å². The van der Waals surface area contributed by atoms with Gasteiger partial charge in [0.05, 0.1) is 5.75 Å². The highest BCUT2D eigenvalue weighted by atomic mass is 32.2. The summed E-state index contributed by atoms with van der Waals surface area (Å²) >= 11 is 0. The van der Waals surface area contributed by atoms with Gasteiger partial charge in [0, 0.05) is 44.7 Å². The summed E-state index contributed by atoms with van der Waals surface area (Å²) in [5, 5.41) is 3.62. The van der Waals surface area contributed by atoms with E-state index in [4.69, 9.17) is 0 Å². The van der Waals surface area contributed by atoms with E-state index in [-0.39, 0.29) is 11.7 Å². The number of carbonyl (C=O) groups excluding carboxylic acids is 1. The maximum Gasteiger partial charge on any atom is 0.222 e. The van der Waals surface area contributed by atoms with E-state index in [0.717, 1.165) is 18.4 Å². The second-order valence-corrected chi connectivity index (χ2v) is 10.2. The number of hydrogen-bond acceptors (Lipinski definition) is 4. The molecule has 3 heterocycles. The van der Waals surface area contributed by atoms with Crippen LogP contribution in [0, 0.1) is 5.92 Å². The van der Waals surface area contributed by atoms with Gasteiger partial charge in [-0.2, -0.15) is 4.31 Å². The lowest BCUT2D eigenvalue weighted by atomic mass is 9.89. The number of piperazine rings is 1. The Bertz CT molecular complexity index is 748. The Kier molecular flexibility index (Phi) is 5.53. The number of rotatable bonds is 5. The first-order valence-corrected chi connectivity index (χ1v) is 11.7. The average Bonchev–Trinajstić information content (AvgIpc) is 3.00. The lowest BCUT2D eigenvalue weighted by Gasteiger charge is -2.36. The van der Waals surface area contributed by atoms with Crippen molar-refractivity contribution in [1.29, 1.82) is 0 Å². The standard InChI is InChI=1S/C20H29N3O3S/c24-20(14-17-12-18-6-7-19(13-17)21-18)22-8-10-23(11-9-22)27(25,26)15-16-4-2-1-3-5-16/h1-5,17-19,21H,6-15H2. The molecule has 148 valence electrons. The van der Waals surface area contributed by atoms with Gasteiger partial charge in [-0.05, 0) is 37.2 Å². The van der Waals surface area contributed by atoms with Crippen LogP contribution in [-0.4, -0.2) is 61.8 Å². The Morgan fingerprint density at radius 3 is 2.26 bits per heavy atom. The summed E-state index contributed by atoms with van der Waals surface area (Å²) in [5.41, 5.74) is 0.802. The summed E-state index contributed by atoms with van der Waals surface area (Å²) in [4.78, 5) is 14.5. The zero-order valence-corrected chi connectivity index (χ0v) is 16.5. The smallest absolute Gasteiger partial charge is 0.222 e. The molecule has 6 nitrogen and oxygen atoms in total. The molecule has 1 amide bonds. The fourth-order valence-electron chi connectivity index (χ4n) is 4.81. The van der Waals surface area contributed by atoms with Crippen LogP contribution in [0.1, 0.15) is 37.7 Å². The fraction of sp³-hybridized carbons (Fsp3) is 0.650. The lowest BCUT2D eigenvalue weighted by Crippen LogP contribution is -2.51. The summed E-state index contributed by atoms with van der Waals surface area (Å²) in [7, 11) is -3.33. The summed E-state index contributed by atoms with van der Waals surface area (Å²) in [6, 6.07) is 10.5. The summed E-state index contributed by atoms with van der Waals surface area (Å²) in [5.74, 6) is 0.706. The second kappa shape index (κ2) is 7.89. The van der Waals surface area contributed by atoms with Gasteiger partial charge < -0.3 is 10.2 Å². The Hall–Kier alpha value is -1.44. The van der Waals surface area contributed by atoms with Crippen LogP contribution in [0.25, 0.3) is 0 Å². The van der Waals surface area contributed by atoms with Crippen LogP contribution >= 0.6 is 0 Å². The number of nitrogens with zero attached hydrogens (tertiary/aromatic N) is 2. The molecule has 1 aromatic carbocycles. The second-order valence-electron chi connectivity index (χ2n) is 8.20. The average molecular weight is 392 g/mol. The molecule has 2 bridgehead atoms. The number of benzene rings is 1. The van der Waals surface area contributed by atoms with E-state index in [9.17, 15) is 13.2 Å². The van der Waals surface area contributed by atoms with Gasteiger partial charge in [0.15, 0.2) is 0 Å². The molecule has 7 heteroatoms. The molecule has 3 aliphatic heterocycles. The molecule has 1 aromatic rings. The van der Waals surface area contributed by atoms with Crippen LogP contribution in [-0.2, 0) is 20.6 Å². The summed E-state index contributed by atoms with van der Waals surface area (Å²) in [6.45, 7) is 1.81. The third-order valence-corrected chi connectivity index (χ3v) is 8.06. The normalized spacial score (nSPS) is 29.0. The minimum atomic E-state index is -3.33. The third kappa shape index (κ3) is 4.52. The Balaban J connectivity index is 1.27. The van der Waals surface area contributed by atoms with Gasteiger partial charge in [0.25, 0.3) is 0 Å². The number of hydrogen-bond donors (Lipinski definition) is 1. The van der Waals surface area contributed by atoms with Crippen LogP contribution in [0.2, 0.25) is 0 Å². The van der Waals surface area contributed by atoms with Gasteiger partial charge in [-0.1, -0.05) is 30.3 Å². The number of piperidine rings is 1. The number of carbonyl (C=O) groups is 1. The van der Waals surface area contributed by atoms with Crippen LogP contribution in [0.4, 0.5) is 0 Å². The van der Waals surface area contributed by atoms with E-state index < -0.39 is 10.0 Å². The van der Waals surface area contributed by atoms with Crippen molar-refractivity contribution < 1.29 is 13.2 Å². The Labute approximate surface area is 162 Å². The van der Waals surface area contributed by atoms with Gasteiger partial charge in [-0.25, -0.2) is 8.42 Å². The van der Waals surface area contributed by atoms with Gasteiger partial charge in [0.1, 0.15) is 0 Å². The van der Waals surface area contributed by atoms with E-state index in [1.807, 2.05) is 35.2 Å². The Morgan fingerprint density at radius 1 is 1.00 bits per heavy atom. The molecule has 0 spiro atoms. The SMILES string of the molecule is O=C(CC1CC2CCC(C1)N2)N1CCN(S(=O)(=O)Cc2ccccc2)CC1. The molecule has 0 aliphatic carbocycles. The molecule has 2 atom stereocenters. The summed E-state index contributed by atoms with van der Waals surface area (Å²) in [6.07, 6.45) is 5.31. The maximum atomic E-state index is 12.7. The van der Waals surface area contributed by atoms with Crippen LogP contribution in [0.5, 0.6) is 0 Å². The topological polar surface area (TPSA) is 69.7 Å². The van der Waals surface area contributed by atoms with E-state index in [1.165, 1.54) is 17.1 Å². The van der Waals surface area contributed by atoms with E-state index >= 15 is 0 Å². The van der Waals surface area contributed by atoms with Crippen LogP contribution in [0.15, 0.2) is 30.3 Å².